The van der Waals surface area contributed by atoms with E-state index in [1.807, 2.05) is 36.5 Å². The molecule has 1 heterocycles. The van der Waals surface area contributed by atoms with Gasteiger partial charge in [0.2, 0.25) is 0 Å². The molecule has 22 heavy (non-hydrogen) atoms. The normalized spacial score (nSPS) is 22.5. The number of aliphatic imine (C=N–C) groups is 1. The van der Waals surface area contributed by atoms with Crippen molar-refractivity contribution in [1.82, 2.24) is 0 Å². The summed E-state index contributed by atoms with van der Waals surface area (Å²) in [4.78, 5) is 4.58. The van der Waals surface area contributed by atoms with Crippen LogP contribution in [-0.2, 0) is 9.47 Å². The van der Waals surface area contributed by atoms with Crippen molar-refractivity contribution in [2.75, 3.05) is 18.5 Å². The predicted octanol–water partition coefficient (Wildman–Crippen LogP) is 2.66. The van der Waals surface area contributed by atoms with E-state index in [1.54, 1.807) is 6.08 Å². The first kappa shape index (κ1) is 15.1. The van der Waals surface area contributed by atoms with Crippen molar-refractivity contribution in [2.24, 2.45) is 10.7 Å². The summed E-state index contributed by atoms with van der Waals surface area (Å²) in [5.74, 6) is 0.225. The molecule has 0 amide bonds. The second kappa shape index (κ2) is 6.94. The average molecular weight is 301 g/mol. The van der Waals surface area contributed by atoms with Crippen LogP contribution >= 0.6 is 0 Å². The molecule has 0 atom stereocenters. The van der Waals surface area contributed by atoms with Crippen LogP contribution in [0.5, 0.6) is 0 Å². The third-order valence-electron chi connectivity index (χ3n) is 4.14. The smallest absolute Gasteiger partial charge is 0.168 e. The molecule has 0 aromatic heterocycles. The fourth-order valence-electron chi connectivity index (χ4n) is 2.97. The molecule has 5 nitrogen and oxygen atoms in total. The molecule has 3 N–H and O–H groups in total. The number of rotatable bonds is 4. The van der Waals surface area contributed by atoms with Gasteiger partial charge in [-0.3, -0.25) is 4.99 Å². The number of nitrogens with two attached hydrogens (primary N) is 1. The fraction of sp³-hybridized carbons (Fsp3) is 0.471. The van der Waals surface area contributed by atoms with Gasteiger partial charge in [-0.2, -0.15) is 0 Å². The molecule has 1 aromatic rings. The fourth-order valence-corrected chi connectivity index (χ4v) is 2.97. The number of para-hydroxylation sites is 1. The standard InChI is InChI=1S/C17H23N3O2/c18-16(8-11-19-14-4-2-1-3-5-14)20-15-6-9-17(10-7-15)21-12-13-22-17/h1-5,8,11,15,19H,6-7,9-10,12-13H2,(H2,18,20)/b11-8-. The van der Waals surface area contributed by atoms with Gasteiger partial charge in [-0.25, -0.2) is 0 Å². The van der Waals surface area contributed by atoms with Crippen LogP contribution in [0.2, 0.25) is 0 Å². The predicted molar refractivity (Wildman–Crippen MR) is 87.7 cm³/mol. The molecule has 118 valence electrons. The highest BCUT2D eigenvalue weighted by atomic mass is 16.7. The Morgan fingerprint density at radius 2 is 1.86 bits per heavy atom. The third kappa shape index (κ3) is 3.87. The highest BCUT2D eigenvalue weighted by molar-refractivity contribution is 5.91. The second-order valence-corrected chi connectivity index (χ2v) is 5.74. The van der Waals surface area contributed by atoms with E-state index in [2.05, 4.69) is 10.3 Å². The van der Waals surface area contributed by atoms with Gasteiger partial charge in [0, 0.05) is 24.7 Å². The summed E-state index contributed by atoms with van der Waals surface area (Å²) in [6.07, 6.45) is 7.35. The minimum absolute atomic E-state index is 0.264. The van der Waals surface area contributed by atoms with Gasteiger partial charge in [-0.1, -0.05) is 18.2 Å². The second-order valence-electron chi connectivity index (χ2n) is 5.74. The van der Waals surface area contributed by atoms with Gasteiger partial charge in [0.15, 0.2) is 5.79 Å². The number of anilines is 1. The zero-order valence-electron chi connectivity index (χ0n) is 12.7. The van der Waals surface area contributed by atoms with Crippen molar-refractivity contribution in [2.45, 2.75) is 37.5 Å². The first-order chi connectivity index (χ1) is 10.8. The van der Waals surface area contributed by atoms with Crippen LogP contribution in [0.25, 0.3) is 0 Å². The van der Waals surface area contributed by atoms with Crippen LogP contribution in [0.4, 0.5) is 5.69 Å². The molecule has 2 aliphatic rings. The Bertz CT molecular complexity index is 526. The van der Waals surface area contributed by atoms with Gasteiger partial charge in [0.1, 0.15) is 5.84 Å². The summed E-state index contributed by atoms with van der Waals surface area (Å²) in [5, 5.41) is 3.17. The molecule has 1 saturated carbocycles. The van der Waals surface area contributed by atoms with E-state index < -0.39 is 0 Å². The molecule has 0 bridgehead atoms. The quantitative estimate of drug-likeness (QED) is 0.662. The van der Waals surface area contributed by atoms with Crippen molar-refractivity contribution in [3.8, 4) is 0 Å². The Balaban J connectivity index is 1.48. The zero-order chi connectivity index (χ0) is 15.3. The molecule has 5 heteroatoms. The monoisotopic (exact) mass is 301 g/mol. The molecular weight excluding hydrogens is 278 g/mol. The lowest BCUT2D eigenvalue weighted by molar-refractivity contribution is -0.178. The molecule has 1 aliphatic heterocycles. The Labute approximate surface area is 131 Å². The first-order valence-corrected chi connectivity index (χ1v) is 7.85. The minimum Gasteiger partial charge on any atom is -0.384 e. The van der Waals surface area contributed by atoms with Crippen molar-refractivity contribution in [3.05, 3.63) is 42.6 Å². The Morgan fingerprint density at radius 1 is 1.18 bits per heavy atom. The summed E-state index contributed by atoms with van der Waals surface area (Å²) in [7, 11) is 0. The number of nitrogens with one attached hydrogen (secondary N) is 1. The van der Waals surface area contributed by atoms with E-state index in [9.17, 15) is 0 Å². The van der Waals surface area contributed by atoms with E-state index >= 15 is 0 Å². The van der Waals surface area contributed by atoms with E-state index in [0.29, 0.717) is 19.0 Å². The van der Waals surface area contributed by atoms with Crippen molar-refractivity contribution >= 4 is 11.5 Å². The largest absolute Gasteiger partial charge is 0.384 e. The topological polar surface area (TPSA) is 68.9 Å². The maximum Gasteiger partial charge on any atom is 0.168 e. The lowest BCUT2D eigenvalue weighted by Crippen LogP contribution is -2.36. The van der Waals surface area contributed by atoms with Crippen molar-refractivity contribution in [1.29, 1.82) is 0 Å². The summed E-state index contributed by atoms with van der Waals surface area (Å²) >= 11 is 0. The lowest BCUT2D eigenvalue weighted by atomic mass is 9.90. The Hall–Kier alpha value is -1.85. The van der Waals surface area contributed by atoms with Crippen LogP contribution in [0.15, 0.2) is 47.6 Å². The summed E-state index contributed by atoms with van der Waals surface area (Å²) in [6.45, 7) is 1.42. The van der Waals surface area contributed by atoms with E-state index in [1.165, 1.54) is 0 Å². The SMILES string of the molecule is NC(/C=C\Nc1ccccc1)=NC1CCC2(CC1)OCCO2. The number of amidine groups is 1. The van der Waals surface area contributed by atoms with Crippen LogP contribution in [0.1, 0.15) is 25.7 Å². The highest BCUT2D eigenvalue weighted by Crippen LogP contribution is 2.36. The molecular formula is C17H23N3O2. The summed E-state index contributed by atoms with van der Waals surface area (Å²) < 4.78 is 11.4. The Kier molecular flexibility index (Phi) is 4.75. The highest BCUT2D eigenvalue weighted by Gasteiger charge is 2.40. The van der Waals surface area contributed by atoms with Crippen molar-refractivity contribution < 1.29 is 9.47 Å². The van der Waals surface area contributed by atoms with E-state index in [4.69, 9.17) is 15.2 Å². The third-order valence-corrected chi connectivity index (χ3v) is 4.14. The summed E-state index contributed by atoms with van der Waals surface area (Å²) in [5.41, 5.74) is 7.00. The average Bonchev–Trinajstić information content (AvgIpc) is 2.99. The van der Waals surface area contributed by atoms with E-state index in [0.717, 1.165) is 31.4 Å². The van der Waals surface area contributed by atoms with Crippen LogP contribution < -0.4 is 11.1 Å². The van der Waals surface area contributed by atoms with Crippen LogP contribution in [-0.4, -0.2) is 30.9 Å². The molecule has 2 fully saturated rings. The van der Waals surface area contributed by atoms with Gasteiger partial charge in [0.25, 0.3) is 0 Å². The summed E-state index contributed by atoms with van der Waals surface area (Å²) in [6, 6.07) is 10.2. The number of nitrogens with zero attached hydrogens (tertiary/aromatic N) is 1. The maximum absolute atomic E-state index is 5.97. The van der Waals surface area contributed by atoms with Gasteiger partial charge in [-0.15, -0.1) is 0 Å². The van der Waals surface area contributed by atoms with Crippen LogP contribution in [0, 0.1) is 0 Å². The zero-order valence-corrected chi connectivity index (χ0v) is 12.7. The molecule has 1 aromatic carbocycles. The van der Waals surface area contributed by atoms with Gasteiger partial charge < -0.3 is 20.5 Å². The van der Waals surface area contributed by atoms with Crippen molar-refractivity contribution in [3.63, 3.8) is 0 Å². The lowest BCUT2D eigenvalue weighted by Gasteiger charge is -2.33. The van der Waals surface area contributed by atoms with Gasteiger partial charge in [-0.05, 0) is 31.1 Å². The van der Waals surface area contributed by atoms with Gasteiger partial charge in [0.05, 0.1) is 19.3 Å². The van der Waals surface area contributed by atoms with Crippen LogP contribution in [0.3, 0.4) is 0 Å². The number of hydrogen-bond acceptors (Lipinski definition) is 4. The molecule has 3 rings (SSSR count). The molecule has 1 aliphatic carbocycles. The molecule has 1 saturated heterocycles. The van der Waals surface area contributed by atoms with Gasteiger partial charge >= 0.3 is 0 Å². The number of benzene rings is 1. The number of hydrogen-bond donors (Lipinski definition) is 2. The molecule has 0 radical (unpaired) electrons. The van der Waals surface area contributed by atoms with E-state index in [-0.39, 0.29) is 11.8 Å². The minimum atomic E-state index is -0.328. The first-order valence-electron chi connectivity index (χ1n) is 7.85. The Morgan fingerprint density at radius 3 is 2.55 bits per heavy atom. The molecule has 0 unspecified atom stereocenters. The number of ether oxygens (including phenoxy) is 2. The molecule has 1 spiro atoms. The maximum atomic E-state index is 5.97.